The molecule has 0 aliphatic carbocycles. The van der Waals surface area contributed by atoms with Crippen LogP contribution in [0.25, 0.3) is 0 Å². The van der Waals surface area contributed by atoms with Crippen molar-refractivity contribution in [3.63, 3.8) is 0 Å². The van der Waals surface area contributed by atoms with Crippen molar-refractivity contribution in [2.24, 2.45) is 11.8 Å². The molecule has 0 unspecified atom stereocenters. The minimum atomic E-state index is -1.41. The average molecular weight is 581 g/mol. The van der Waals surface area contributed by atoms with E-state index in [1.54, 1.807) is 16.7 Å². The standard InChI is InChI=1S/C33H32N4O4S/c1-42-18-16-24-28-29(31(40)37(30(28)39)19-21-9-3-2-4-10-21)33(34-24)23-12-6-8-14-26(23)36(32(33)41)20-27(38)35-17-15-22-11-5-7-13-25(22)35/h2-14,24,28-29,34H,15-20H2,1H3/t24-,28+,29-,33-/m0/s1. The second kappa shape index (κ2) is 10.4. The largest absolute Gasteiger partial charge is 0.310 e. The molecule has 3 aromatic rings. The highest BCUT2D eigenvalue weighted by atomic mass is 32.2. The number of nitrogens with zero attached hydrogens (tertiary/aromatic N) is 3. The first-order valence-electron chi connectivity index (χ1n) is 14.4. The molecule has 214 valence electrons. The number of imide groups is 1. The lowest BCUT2D eigenvalue weighted by molar-refractivity contribution is -0.143. The lowest BCUT2D eigenvalue weighted by atomic mass is 9.76. The van der Waals surface area contributed by atoms with Crippen LogP contribution in [0.2, 0.25) is 0 Å². The van der Waals surface area contributed by atoms with Gasteiger partial charge >= 0.3 is 0 Å². The third kappa shape index (κ3) is 3.94. The summed E-state index contributed by atoms with van der Waals surface area (Å²) in [5.74, 6) is -1.85. The fourth-order valence-corrected chi connectivity index (χ4v) is 7.89. The van der Waals surface area contributed by atoms with E-state index in [-0.39, 0.29) is 42.8 Å². The van der Waals surface area contributed by atoms with Gasteiger partial charge in [-0.2, -0.15) is 11.8 Å². The highest BCUT2D eigenvalue weighted by Crippen LogP contribution is 2.55. The molecule has 0 aromatic heterocycles. The van der Waals surface area contributed by atoms with Gasteiger partial charge in [0.1, 0.15) is 12.1 Å². The summed E-state index contributed by atoms with van der Waals surface area (Å²) in [6.07, 6.45) is 3.42. The lowest BCUT2D eigenvalue weighted by Crippen LogP contribution is -2.56. The van der Waals surface area contributed by atoms with Crippen molar-refractivity contribution in [3.05, 3.63) is 95.6 Å². The number of anilines is 2. The van der Waals surface area contributed by atoms with Gasteiger partial charge in [-0.15, -0.1) is 0 Å². The number of fused-ring (bicyclic) bond motifs is 5. The molecule has 7 rings (SSSR count). The minimum Gasteiger partial charge on any atom is -0.310 e. The molecule has 4 aliphatic heterocycles. The van der Waals surface area contributed by atoms with Crippen LogP contribution in [0, 0.1) is 11.8 Å². The number of rotatable bonds is 7. The number of nitrogens with one attached hydrogen (secondary N) is 1. The Morgan fingerprint density at radius 2 is 1.62 bits per heavy atom. The molecule has 0 saturated carbocycles. The van der Waals surface area contributed by atoms with Crippen molar-refractivity contribution < 1.29 is 19.2 Å². The first-order chi connectivity index (χ1) is 20.5. The Balaban J connectivity index is 1.26. The van der Waals surface area contributed by atoms with Crippen molar-refractivity contribution in [1.82, 2.24) is 10.2 Å². The number of hydrogen-bond acceptors (Lipinski definition) is 6. The van der Waals surface area contributed by atoms with Gasteiger partial charge < -0.3 is 9.80 Å². The van der Waals surface area contributed by atoms with E-state index in [9.17, 15) is 19.2 Å². The van der Waals surface area contributed by atoms with E-state index < -0.39 is 17.4 Å². The van der Waals surface area contributed by atoms with Gasteiger partial charge in [-0.3, -0.25) is 29.4 Å². The Hall–Kier alpha value is -3.95. The second-order valence-electron chi connectivity index (χ2n) is 11.4. The van der Waals surface area contributed by atoms with Crippen LogP contribution < -0.4 is 15.1 Å². The van der Waals surface area contributed by atoms with E-state index in [0.29, 0.717) is 24.2 Å². The Morgan fingerprint density at radius 1 is 0.905 bits per heavy atom. The van der Waals surface area contributed by atoms with Gasteiger partial charge in [0.2, 0.25) is 17.7 Å². The van der Waals surface area contributed by atoms with E-state index in [1.807, 2.05) is 85.1 Å². The Kier molecular flexibility index (Phi) is 6.66. The molecule has 2 saturated heterocycles. The van der Waals surface area contributed by atoms with Crippen molar-refractivity contribution in [2.75, 3.05) is 34.9 Å². The van der Waals surface area contributed by atoms with E-state index in [4.69, 9.17) is 0 Å². The van der Waals surface area contributed by atoms with Crippen molar-refractivity contribution in [2.45, 2.75) is 31.0 Å². The number of benzene rings is 3. The van der Waals surface area contributed by atoms with Gasteiger partial charge in [-0.1, -0.05) is 66.7 Å². The summed E-state index contributed by atoms with van der Waals surface area (Å²) in [6, 6.07) is 24.3. The third-order valence-electron chi connectivity index (χ3n) is 9.26. The van der Waals surface area contributed by atoms with Gasteiger partial charge in [0.15, 0.2) is 0 Å². The highest BCUT2D eigenvalue weighted by molar-refractivity contribution is 7.98. The van der Waals surface area contributed by atoms with E-state index >= 15 is 0 Å². The number of likely N-dealkylation sites (tertiary alicyclic amines) is 1. The van der Waals surface area contributed by atoms with Crippen LogP contribution in [0.4, 0.5) is 11.4 Å². The zero-order chi connectivity index (χ0) is 29.0. The molecule has 3 aromatic carbocycles. The highest BCUT2D eigenvalue weighted by Gasteiger charge is 2.71. The molecule has 4 amide bonds. The van der Waals surface area contributed by atoms with Crippen LogP contribution in [0.3, 0.4) is 0 Å². The topological polar surface area (TPSA) is 90.0 Å². The van der Waals surface area contributed by atoms with E-state index in [0.717, 1.165) is 29.0 Å². The monoisotopic (exact) mass is 580 g/mol. The Labute approximate surface area is 249 Å². The zero-order valence-corrected chi connectivity index (χ0v) is 24.2. The number of carbonyl (C=O) groups excluding carboxylic acids is 4. The van der Waals surface area contributed by atoms with Gasteiger partial charge in [-0.05, 0) is 48.1 Å². The normalized spacial score (nSPS) is 25.9. The molecule has 2 fully saturated rings. The number of para-hydroxylation sites is 2. The second-order valence-corrected chi connectivity index (χ2v) is 12.4. The molecule has 0 bridgehead atoms. The smallest absolute Gasteiger partial charge is 0.253 e. The number of amides is 4. The molecule has 0 radical (unpaired) electrons. The Morgan fingerprint density at radius 3 is 2.40 bits per heavy atom. The summed E-state index contributed by atoms with van der Waals surface area (Å²) in [4.78, 5) is 61.2. The molecule has 42 heavy (non-hydrogen) atoms. The summed E-state index contributed by atoms with van der Waals surface area (Å²) >= 11 is 1.67. The van der Waals surface area contributed by atoms with Crippen molar-refractivity contribution >= 4 is 46.8 Å². The molecule has 4 aliphatic rings. The maximum Gasteiger partial charge on any atom is 0.253 e. The Bertz CT molecular complexity index is 1600. The summed E-state index contributed by atoms with van der Waals surface area (Å²) < 4.78 is 0. The van der Waals surface area contributed by atoms with Crippen LogP contribution >= 0.6 is 11.8 Å². The third-order valence-corrected chi connectivity index (χ3v) is 9.90. The summed E-state index contributed by atoms with van der Waals surface area (Å²) in [5, 5.41) is 3.55. The van der Waals surface area contributed by atoms with Gasteiger partial charge in [0, 0.05) is 29.5 Å². The van der Waals surface area contributed by atoms with Gasteiger partial charge in [-0.25, -0.2) is 0 Å². The van der Waals surface area contributed by atoms with Crippen molar-refractivity contribution in [1.29, 1.82) is 0 Å². The molecule has 9 heteroatoms. The minimum absolute atomic E-state index is 0.143. The summed E-state index contributed by atoms with van der Waals surface area (Å²) in [6.45, 7) is 0.591. The van der Waals surface area contributed by atoms with Crippen LogP contribution in [0.1, 0.15) is 23.1 Å². The van der Waals surface area contributed by atoms with E-state index in [1.165, 1.54) is 9.80 Å². The van der Waals surface area contributed by atoms with Crippen LogP contribution in [0.15, 0.2) is 78.9 Å². The molecular weight excluding hydrogens is 548 g/mol. The van der Waals surface area contributed by atoms with Gasteiger partial charge in [0.05, 0.1) is 18.4 Å². The van der Waals surface area contributed by atoms with Gasteiger partial charge in [0.25, 0.3) is 5.91 Å². The fraction of sp³-hybridized carbons (Fsp3) is 0.333. The summed E-state index contributed by atoms with van der Waals surface area (Å²) in [7, 11) is 0. The average Bonchev–Trinajstić information content (AvgIpc) is 3.72. The van der Waals surface area contributed by atoms with Crippen LogP contribution in [-0.2, 0) is 37.7 Å². The predicted molar refractivity (Wildman–Crippen MR) is 162 cm³/mol. The summed E-state index contributed by atoms with van der Waals surface area (Å²) in [5.41, 5.74) is 2.71. The van der Waals surface area contributed by atoms with Crippen molar-refractivity contribution in [3.8, 4) is 0 Å². The zero-order valence-electron chi connectivity index (χ0n) is 23.4. The maximum absolute atomic E-state index is 14.7. The molecule has 1 spiro atoms. The molecule has 8 nitrogen and oxygen atoms in total. The molecule has 4 heterocycles. The number of hydrogen-bond donors (Lipinski definition) is 1. The van der Waals surface area contributed by atoms with Crippen LogP contribution in [0.5, 0.6) is 0 Å². The lowest BCUT2D eigenvalue weighted by Gasteiger charge is -2.31. The maximum atomic E-state index is 14.7. The number of carbonyl (C=O) groups is 4. The van der Waals surface area contributed by atoms with Crippen LogP contribution in [-0.4, -0.2) is 59.7 Å². The fourth-order valence-electron chi connectivity index (χ4n) is 7.40. The van der Waals surface area contributed by atoms with E-state index in [2.05, 4.69) is 5.32 Å². The quantitative estimate of drug-likeness (QED) is 0.432. The molecule has 1 N–H and O–H groups in total. The molecular formula is C33H32N4O4S. The first-order valence-corrected chi connectivity index (χ1v) is 15.8. The number of thioether (sulfide) groups is 1. The SMILES string of the molecule is CSCC[C@@H]1N[C@]2(C(=O)N(CC(=O)N3CCc4ccccc43)c3ccccc32)[C@@H]2C(=O)N(Cc3ccccc3)C(=O)[C@H]12. The predicted octanol–water partition coefficient (Wildman–Crippen LogP) is 3.34. The first kappa shape index (κ1) is 26.9. The molecule has 4 atom stereocenters.